The highest BCUT2D eigenvalue weighted by Gasteiger charge is 2.18. The van der Waals surface area contributed by atoms with Crippen LogP contribution in [-0.2, 0) is 6.54 Å². The van der Waals surface area contributed by atoms with Crippen LogP contribution in [0.1, 0.15) is 18.9 Å². The van der Waals surface area contributed by atoms with Gasteiger partial charge in [-0.15, -0.1) is 6.42 Å². The van der Waals surface area contributed by atoms with Gasteiger partial charge in [-0.2, -0.15) is 0 Å². The van der Waals surface area contributed by atoms with Gasteiger partial charge < -0.3 is 14.2 Å². The summed E-state index contributed by atoms with van der Waals surface area (Å²) in [6.45, 7) is 3.85. The molecular weight excluding hydrogens is 242 g/mol. The van der Waals surface area contributed by atoms with Gasteiger partial charge in [0.2, 0.25) is 5.75 Å². The van der Waals surface area contributed by atoms with Crippen molar-refractivity contribution >= 4 is 0 Å². The van der Waals surface area contributed by atoms with Gasteiger partial charge in [-0.1, -0.05) is 12.8 Å². The van der Waals surface area contributed by atoms with Crippen molar-refractivity contribution in [3.63, 3.8) is 0 Å². The fourth-order valence-electron chi connectivity index (χ4n) is 1.99. The second-order valence-electron chi connectivity index (χ2n) is 4.33. The Morgan fingerprint density at radius 1 is 1.42 bits per heavy atom. The molecule has 0 bridgehead atoms. The quantitative estimate of drug-likeness (QED) is 0.823. The highest BCUT2D eigenvalue weighted by atomic mass is 16.6. The van der Waals surface area contributed by atoms with E-state index in [0.717, 1.165) is 17.7 Å². The van der Waals surface area contributed by atoms with Gasteiger partial charge in [-0.25, -0.2) is 0 Å². The summed E-state index contributed by atoms with van der Waals surface area (Å²) in [6.07, 6.45) is 6.33. The second-order valence-corrected chi connectivity index (χ2v) is 4.33. The van der Waals surface area contributed by atoms with E-state index in [1.165, 1.54) is 0 Å². The molecule has 1 unspecified atom stereocenters. The van der Waals surface area contributed by atoms with E-state index < -0.39 is 0 Å². The maximum Gasteiger partial charge on any atom is 0.203 e. The molecule has 4 heteroatoms. The van der Waals surface area contributed by atoms with Crippen LogP contribution >= 0.6 is 0 Å². The van der Waals surface area contributed by atoms with E-state index in [4.69, 9.17) is 20.6 Å². The predicted octanol–water partition coefficient (Wildman–Crippen LogP) is 1.97. The zero-order chi connectivity index (χ0) is 13.7. The minimum atomic E-state index is 0.0826. The molecular formula is C15H19NO3. The average molecular weight is 261 g/mol. The van der Waals surface area contributed by atoms with E-state index >= 15 is 0 Å². The van der Waals surface area contributed by atoms with Crippen molar-refractivity contribution < 1.29 is 14.2 Å². The lowest BCUT2D eigenvalue weighted by Crippen LogP contribution is -2.26. The number of methoxy groups -OCH3 is 1. The van der Waals surface area contributed by atoms with E-state index in [2.05, 4.69) is 18.2 Å². The van der Waals surface area contributed by atoms with Crippen LogP contribution in [0.25, 0.3) is 0 Å². The van der Waals surface area contributed by atoms with E-state index in [1.807, 2.05) is 12.1 Å². The molecule has 0 amide bonds. The van der Waals surface area contributed by atoms with Crippen LogP contribution in [0.2, 0.25) is 0 Å². The summed E-state index contributed by atoms with van der Waals surface area (Å²) in [5.41, 5.74) is 1.06. The molecule has 0 aliphatic carbocycles. The molecule has 4 nitrogen and oxygen atoms in total. The van der Waals surface area contributed by atoms with Crippen molar-refractivity contribution in [1.29, 1.82) is 0 Å². The van der Waals surface area contributed by atoms with Gasteiger partial charge in [0, 0.05) is 6.54 Å². The molecule has 0 radical (unpaired) electrons. The summed E-state index contributed by atoms with van der Waals surface area (Å²) < 4.78 is 16.5. The Morgan fingerprint density at radius 3 is 2.89 bits per heavy atom. The molecule has 2 rings (SSSR count). The van der Waals surface area contributed by atoms with Crippen molar-refractivity contribution in [1.82, 2.24) is 5.32 Å². The standard InChI is InChI=1S/C15H19NO3/c1-4-12(5-2)16-10-11-8-13(17-3)15-14(9-11)18-6-7-19-15/h1,8-9,12,16H,5-7,10H2,2-3H3. The van der Waals surface area contributed by atoms with Crippen molar-refractivity contribution in [2.24, 2.45) is 0 Å². The van der Waals surface area contributed by atoms with Crippen LogP contribution in [0.15, 0.2) is 12.1 Å². The first-order chi connectivity index (χ1) is 9.28. The summed E-state index contributed by atoms with van der Waals surface area (Å²) in [6, 6.07) is 4.00. The Morgan fingerprint density at radius 2 is 2.21 bits per heavy atom. The van der Waals surface area contributed by atoms with Crippen molar-refractivity contribution in [3.8, 4) is 29.6 Å². The first kappa shape index (κ1) is 13.6. The molecule has 1 aromatic carbocycles. The lowest BCUT2D eigenvalue weighted by atomic mass is 10.1. The van der Waals surface area contributed by atoms with Gasteiger partial charge >= 0.3 is 0 Å². The van der Waals surface area contributed by atoms with E-state index in [1.54, 1.807) is 7.11 Å². The minimum absolute atomic E-state index is 0.0826. The number of nitrogens with one attached hydrogen (secondary N) is 1. The summed E-state index contributed by atoms with van der Waals surface area (Å²) in [5, 5.41) is 3.31. The van der Waals surface area contributed by atoms with Crippen LogP contribution in [0.3, 0.4) is 0 Å². The normalized spacial score (nSPS) is 14.6. The third kappa shape index (κ3) is 3.12. The molecule has 0 spiro atoms. The number of hydrogen-bond acceptors (Lipinski definition) is 4. The number of rotatable bonds is 5. The molecule has 0 saturated heterocycles. The fourth-order valence-corrected chi connectivity index (χ4v) is 1.99. The van der Waals surface area contributed by atoms with Gasteiger partial charge in [0.1, 0.15) is 13.2 Å². The zero-order valence-electron chi connectivity index (χ0n) is 11.4. The highest BCUT2D eigenvalue weighted by molar-refractivity contribution is 5.54. The smallest absolute Gasteiger partial charge is 0.203 e. The zero-order valence-corrected chi connectivity index (χ0v) is 11.4. The van der Waals surface area contributed by atoms with Crippen LogP contribution in [0.5, 0.6) is 17.2 Å². The van der Waals surface area contributed by atoms with Crippen LogP contribution in [0.4, 0.5) is 0 Å². The predicted molar refractivity (Wildman–Crippen MR) is 73.7 cm³/mol. The molecule has 1 aromatic rings. The van der Waals surface area contributed by atoms with Crippen molar-refractivity contribution in [3.05, 3.63) is 17.7 Å². The number of hydrogen-bond donors (Lipinski definition) is 1. The fraction of sp³-hybridized carbons (Fsp3) is 0.467. The summed E-state index contributed by atoms with van der Waals surface area (Å²) in [4.78, 5) is 0. The maximum absolute atomic E-state index is 5.59. The lowest BCUT2D eigenvalue weighted by Gasteiger charge is -2.22. The number of ether oxygens (including phenoxy) is 3. The maximum atomic E-state index is 5.59. The van der Waals surface area contributed by atoms with Gasteiger partial charge in [0.05, 0.1) is 13.2 Å². The largest absolute Gasteiger partial charge is 0.493 e. The molecule has 0 aromatic heterocycles. The molecule has 0 fully saturated rings. The third-order valence-electron chi connectivity index (χ3n) is 3.05. The van der Waals surface area contributed by atoms with Crippen LogP contribution < -0.4 is 19.5 Å². The molecule has 0 saturated carbocycles. The lowest BCUT2D eigenvalue weighted by molar-refractivity contribution is 0.165. The Balaban J connectivity index is 2.15. The summed E-state index contributed by atoms with van der Waals surface area (Å²) in [7, 11) is 1.63. The molecule has 1 aliphatic heterocycles. The number of benzene rings is 1. The SMILES string of the molecule is C#CC(CC)NCc1cc(OC)c2c(c1)OCCO2. The Bertz CT molecular complexity index is 462. The average Bonchev–Trinajstić information content (AvgIpc) is 2.47. The summed E-state index contributed by atoms with van der Waals surface area (Å²) in [5.74, 6) is 4.83. The highest BCUT2D eigenvalue weighted by Crippen LogP contribution is 2.40. The first-order valence-electron chi connectivity index (χ1n) is 6.44. The third-order valence-corrected chi connectivity index (χ3v) is 3.05. The van der Waals surface area contributed by atoms with E-state index in [-0.39, 0.29) is 6.04 Å². The van der Waals surface area contributed by atoms with Crippen molar-refractivity contribution in [2.75, 3.05) is 20.3 Å². The Labute approximate surface area is 114 Å². The number of fused-ring (bicyclic) bond motifs is 1. The Kier molecular flexibility index (Phi) is 4.53. The number of terminal acetylenes is 1. The minimum Gasteiger partial charge on any atom is -0.493 e. The molecule has 102 valence electrons. The van der Waals surface area contributed by atoms with Crippen molar-refractivity contribution in [2.45, 2.75) is 25.9 Å². The summed E-state index contributed by atoms with van der Waals surface area (Å²) >= 11 is 0. The first-order valence-corrected chi connectivity index (χ1v) is 6.44. The molecule has 1 atom stereocenters. The van der Waals surface area contributed by atoms with Gasteiger partial charge in [0.25, 0.3) is 0 Å². The Hall–Kier alpha value is -1.86. The molecule has 1 aliphatic rings. The van der Waals surface area contributed by atoms with Crippen LogP contribution in [0, 0.1) is 12.3 Å². The van der Waals surface area contributed by atoms with Gasteiger partial charge in [-0.05, 0) is 24.1 Å². The van der Waals surface area contributed by atoms with Crippen LogP contribution in [-0.4, -0.2) is 26.4 Å². The second kappa shape index (κ2) is 6.35. The molecule has 19 heavy (non-hydrogen) atoms. The molecule has 1 heterocycles. The van der Waals surface area contributed by atoms with Gasteiger partial charge in [0.15, 0.2) is 11.5 Å². The topological polar surface area (TPSA) is 39.7 Å². The molecule has 1 N–H and O–H groups in total. The van der Waals surface area contributed by atoms with E-state index in [0.29, 0.717) is 31.3 Å². The monoisotopic (exact) mass is 261 g/mol. The van der Waals surface area contributed by atoms with E-state index in [9.17, 15) is 0 Å². The van der Waals surface area contributed by atoms with Gasteiger partial charge in [-0.3, -0.25) is 5.32 Å².